The molecule has 3 heteroatoms. The molecule has 3 fully saturated rings. The van der Waals surface area contributed by atoms with Crippen molar-refractivity contribution in [3.63, 3.8) is 0 Å². The van der Waals surface area contributed by atoms with E-state index in [0.717, 1.165) is 30.4 Å². The minimum absolute atomic E-state index is 0.0226. The van der Waals surface area contributed by atoms with Gasteiger partial charge in [0.05, 0.1) is 23.4 Å². The zero-order valence-electron chi connectivity index (χ0n) is 11.7. The number of ether oxygens (including phenoxy) is 2. The fraction of sp³-hybridized carbons (Fsp3) is 0.800. The molecule has 1 saturated carbocycles. The van der Waals surface area contributed by atoms with E-state index in [-0.39, 0.29) is 29.2 Å². The van der Waals surface area contributed by atoms with Crippen molar-refractivity contribution < 1.29 is 14.3 Å². The highest BCUT2D eigenvalue weighted by Gasteiger charge is 2.58. The maximum Gasteiger partial charge on any atom is 0.161 e. The molecule has 3 rings (SSSR count). The number of hydrogen-bond donors (Lipinski definition) is 0. The zero-order chi connectivity index (χ0) is 13.1. The lowest BCUT2D eigenvalue weighted by molar-refractivity contribution is -0.116. The molecule has 0 N–H and O–H groups in total. The summed E-state index contributed by atoms with van der Waals surface area (Å²) >= 11 is 0. The molecule has 0 aromatic carbocycles. The molecule has 0 aromatic heterocycles. The Morgan fingerprint density at radius 1 is 1.17 bits per heavy atom. The normalized spacial score (nSPS) is 47.1. The summed E-state index contributed by atoms with van der Waals surface area (Å²) in [5.41, 5.74) is 1.85. The predicted octanol–water partition coefficient (Wildman–Crippen LogP) is 2.78. The minimum Gasteiger partial charge on any atom is -0.366 e. The van der Waals surface area contributed by atoms with Crippen LogP contribution in [0, 0.1) is 0 Å². The van der Waals surface area contributed by atoms with Crippen molar-refractivity contribution in [2.75, 3.05) is 0 Å². The third-order valence-electron chi connectivity index (χ3n) is 4.81. The first-order valence-electron chi connectivity index (χ1n) is 6.89. The van der Waals surface area contributed by atoms with Crippen molar-refractivity contribution in [2.24, 2.45) is 0 Å². The molecule has 2 aliphatic heterocycles. The lowest BCUT2D eigenvalue weighted by Gasteiger charge is -2.14. The van der Waals surface area contributed by atoms with Crippen molar-refractivity contribution >= 4 is 5.78 Å². The van der Waals surface area contributed by atoms with Gasteiger partial charge in [0, 0.05) is 12.8 Å². The summed E-state index contributed by atoms with van der Waals surface area (Å²) in [5.74, 6) is 0.250. The van der Waals surface area contributed by atoms with Gasteiger partial charge in [0.1, 0.15) is 0 Å². The van der Waals surface area contributed by atoms with E-state index < -0.39 is 0 Å². The summed E-state index contributed by atoms with van der Waals surface area (Å²) in [5, 5.41) is 0. The van der Waals surface area contributed by atoms with Crippen molar-refractivity contribution in [3.8, 4) is 0 Å². The number of allylic oxidation sites excluding steroid dienone is 1. The molecule has 4 atom stereocenters. The van der Waals surface area contributed by atoms with Crippen LogP contribution in [0.4, 0.5) is 0 Å². The van der Waals surface area contributed by atoms with E-state index in [1.165, 1.54) is 0 Å². The van der Waals surface area contributed by atoms with Gasteiger partial charge in [-0.25, -0.2) is 0 Å². The van der Waals surface area contributed by atoms with Gasteiger partial charge in [-0.3, -0.25) is 4.79 Å². The van der Waals surface area contributed by atoms with Crippen molar-refractivity contribution in [2.45, 2.75) is 76.8 Å². The topological polar surface area (TPSA) is 42.1 Å². The van der Waals surface area contributed by atoms with Gasteiger partial charge in [0.25, 0.3) is 0 Å². The average Bonchev–Trinajstić information content (AvgIpc) is 3.09. The van der Waals surface area contributed by atoms with Crippen LogP contribution in [0.3, 0.4) is 0 Å². The molecule has 1 aliphatic carbocycles. The number of fused-ring (bicyclic) bond motifs is 2. The highest BCUT2D eigenvalue weighted by Crippen LogP contribution is 2.50. The van der Waals surface area contributed by atoms with Crippen LogP contribution in [0.2, 0.25) is 0 Å². The highest BCUT2D eigenvalue weighted by atomic mass is 16.6. The first kappa shape index (κ1) is 12.4. The van der Waals surface area contributed by atoms with Gasteiger partial charge < -0.3 is 9.47 Å². The lowest BCUT2D eigenvalue weighted by atomic mass is 9.85. The number of carbonyl (C=O) groups excluding carboxylic acids is 1. The SMILES string of the molecule is CC(C)=C1C[C@@H]2O[C@]2(C)CC[C@H]2O[C@@]2(C)CC1=O. The Kier molecular flexibility index (Phi) is 2.52. The van der Waals surface area contributed by atoms with Crippen LogP contribution in [0.25, 0.3) is 0 Å². The minimum atomic E-state index is -0.212. The summed E-state index contributed by atoms with van der Waals surface area (Å²) in [6, 6.07) is 0. The largest absolute Gasteiger partial charge is 0.366 e. The average molecular weight is 250 g/mol. The van der Waals surface area contributed by atoms with Gasteiger partial charge in [-0.15, -0.1) is 0 Å². The zero-order valence-corrected chi connectivity index (χ0v) is 11.7. The molecule has 3 aliphatic rings. The van der Waals surface area contributed by atoms with Gasteiger partial charge in [-0.2, -0.15) is 0 Å². The smallest absolute Gasteiger partial charge is 0.161 e. The number of rotatable bonds is 0. The molecule has 0 amide bonds. The number of Topliss-reactive ketones (excluding diaryl/α,β-unsaturated/α-hetero) is 1. The van der Waals surface area contributed by atoms with E-state index in [0.29, 0.717) is 6.42 Å². The maximum absolute atomic E-state index is 12.4. The van der Waals surface area contributed by atoms with E-state index in [4.69, 9.17) is 9.47 Å². The summed E-state index contributed by atoms with van der Waals surface area (Å²) in [6.07, 6.45) is 3.84. The van der Waals surface area contributed by atoms with Crippen molar-refractivity contribution in [1.29, 1.82) is 0 Å². The van der Waals surface area contributed by atoms with Crippen LogP contribution >= 0.6 is 0 Å². The molecule has 3 nitrogen and oxygen atoms in total. The number of ketones is 1. The third kappa shape index (κ3) is 1.94. The molecule has 18 heavy (non-hydrogen) atoms. The van der Waals surface area contributed by atoms with E-state index in [9.17, 15) is 4.79 Å². The number of epoxide rings is 2. The van der Waals surface area contributed by atoms with Crippen molar-refractivity contribution in [1.82, 2.24) is 0 Å². The fourth-order valence-electron chi connectivity index (χ4n) is 3.20. The fourth-order valence-corrected chi connectivity index (χ4v) is 3.20. The second kappa shape index (κ2) is 3.67. The Morgan fingerprint density at radius 3 is 2.50 bits per heavy atom. The van der Waals surface area contributed by atoms with Gasteiger partial charge in [-0.05, 0) is 46.1 Å². The van der Waals surface area contributed by atoms with Gasteiger partial charge in [-0.1, -0.05) is 5.57 Å². The molecular formula is C15H22O3. The molecule has 0 radical (unpaired) electrons. The molecular weight excluding hydrogens is 228 g/mol. The predicted molar refractivity (Wildman–Crippen MR) is 68.4 cm³/mol. The van der Waals surface area contributed by atoms with Crippen LogP contribution in [0.5, 0.6) is 0 Å². The van der Waals surface area contributed by atoms with E-state index in [1.807, 2.05) is 13.8 Å². The van der Waals surface area contributed by atoms with Gasteiger partial charge >= 0.3 is 0 Å². The summed E-state index contributed by atoms with van der Waals surface area (Å²) < 4.78 is 11.6. The van der Waals surface area contributed by atoms with Crippen LogP contribution in [0.15, 0.2) is 11.1 Å². The van der Waals surface area contributed by atoms with Gasteiger partial charge in [0.2, 0.25) is 0 Å². The number of carbonyl (C=O) groups is 1. The molecule has 100 valence electrons. The second-order valence-electron chi connectivity index (χ2n) is 6.66. The first-order chi connectivity index (χ1) is 8.34. The third-order valence-corrected chi connectivity index (χ3v) is 4.81. The first-order valence-corrected chi connectivity index (χ1v) is 6.89. The van der Waals surface area contributed by atoms with E-state index in [2.05, 4.69) is 13.8 Å². The molecule has 0 aromatic rings. The Hall–Kier alpha value is -0.670. The highest BCUT2D eigenvalue weighted by molar-refractivity contribution is 5.97. The van der Waals surface area contributed by atoms with Gasteiger partial charge in [0.15, 0.2) is 5.78 Å². The summed E-state index contributed by atoms with van der Waals surface area (Å²) in [7, 11) is 0. The molecule has 2 heterocycles. The van der Waals surface area contributed by atoms with E-state index in [1.54, 1.807) is 0 Å². The summed E-state index contributed by atoms with van der Waals surface area (Å²) in [6.45, 7) is 8.26. The van der Waals surface area contributed by atoms with Crippen LogP contribution in [-0.4, -0.2) is 29.2 Å². The Morgan fingerprint density at radius 2 is 1.83 bits per heavy atom. The van der Waals surface area contributed by atoms with Crippen LogP contribution in [-0.2, 0) is 14.3 Å². The van der Waals surface area contributed by atoms with Crippen LogP contribution < -0.4 is 0 Å². The molecule has 2 saturated heterocycles. The number of hydrogen-bond acceptors (Lipinski definition) is 3. The monoisotopic (exact) mass is 250 g/mol. The van der Waals surface area contributed by atoms with Crippen molar-refractivity contribution in [3.05, 3.63) is 11.1 Å². The maximum atomic E-state index is 12.4. The standard InChI is InChI=1S/C15H22O3/c1-9(2)10-7-13-14(3,18-13)6-5-12-15(4,17-12)8-11(10)16/h12-13H,5-8H2,1-4H3/t12-,13+,14-,15+/m1/s1. The quantitative estimate of drug-likeness (QED) is 0.490. The molecule has 0 bridgehead atoms. The lowest BCUT2D eigenvalue weighted by Crippen LogP contribution is -2.23. The molecule has 0 unspecified atom stereocenters. The Balaban J connectivity index is 1.86. The second-order valence-corrected chi connectivity index (χ2v) is 6.66. The Bertz CT molecular complexity index is 435. The van der Waals surface area contributed by atoms with Crippen LogP contribution in [0.1, 0.15) is 53.4 Å². The Labute approximate surface area is 109 Å². The molecule has 0 spiro atoms. The summed E-state index contributed by atoms with van der Waals surface area (Å²) in [4.78, 5) is 12.4. The van der Waals surface area contributed by atoms with E-state index >= 15 is 0 Å².